The van der Waals surface area contributed by atoms with Crippen molar-refractivity contribution in [1.82, 2.24) is 5.32 Å². The summed E-state index contributed by atoms with van der Waals surface area (Å²) < 4.78 is 5.60. The van der Waals surface area contributed by atoms with Crippen molar-refractivity contribution >= 4 is 11.7 Å². The Morgan fingerprint density at radius 2 is 2.05 bits per heavy atom. The number of ether oxygens (including phenoxy) is 1. The van der Waals surface area contributed by atoms with Crippen LogP contribution in [0.25, 0.3) is 0 Å². The van der Waals surface area contributed by atoms with Crippen LogP contribution in [0.3, 0.4) is 0 Å². The van der Waals surface area contributed by atoms with E-state index in [1.807, 2.05) is 45.0 Å². The van der Waals surface area contributed by atoms with Gasteiger partial charge in [0.25, 0.3) is 0 Å². The number of rotatable bonds is 9. The molecule has 0 spiro atoms. The Hall–Kier alpha value is -1.75. The van der Waals surface area contributed by atoms with Crippen LogP contribution >= 0.6 is 0 Å². The van der Waals surface area contributed by atoms with Crippen LogP contribution in [0.15, 0.2) is 24.3 Å². The minimum absolute atomic E-state index is 0.0985. The molecule has 0 heterocycles. The zero-order chi connectivity index (χ0) is 16.4. The fourth-order valence-corrected chi connectivity index (χ4v) is 1.92. The van der Waals surface area contributed by atoms with Crippen molar-refractivity contribution in [2.75, 3.05) is 25.1 Å². The van der Waals surface area contributed by atoms with Crippen LogP contribution in [-0.2, 0) is 0 Å². The number of aliphatic hydroxyl groups excluding tert-OH is 1. The lowest BCUT2D eigenvalue weighted by atomic mass is 9.89. The van der Waals surface area contributed by atoms with E-state index in [0.29, 0.717) is 24.6 Å². The molecule has 124 valence electrons. The standard InChI is InChI=1S/C17H28N2O3/c1-4-12-22-15-9-6-5-8-14(15)19-16(21)18-11-7-10-17(2,3)13-20/h5-6,8-9,20H,4,7,10-13H2,1-3H3,(H2,18,19,21). The van der Waals surface area contributed by atoms with Gasteiger partial charge in [-0.05, 0) is 36.8 Å². The van der Waals surface area contributed by atoms with E-state index in [-0.39, 0.29) is 18.1 Å². The summed E-state index contributed by atoms with van der Waals surface area (Å²) in [7, 11) is 0. The number of hydrogen-bond donors (Lipinski definition) is 3. The van der Waals surface area contributed by atoms with Gasteiger partial charge >= 0.3 is 6.03 Å². The lowest BCUT2D eigenvalue weighted by Crippen LogP contribution is -2.30. The van der Waals surface area contributed by atoms with E-state index >= 15 is 0 Å². The maximum atomic E-state index is 11.9. The van der Waals surface area contributed by atoms with Gasteiger partial charge in [0.15, 0.2) is 0 Å². The van der Waals surface area contributed by atoms with E-state index < -0.39 is 0 Å². The monoisotopic (exact) mass is 308 g/mol. The number of hydrogen-bond acceptors (Lipinski definition) is 3. The third-order valence-electron chi connectivity index (χ3n) is 3.34. The number of urea groups is 1. The molecule has 0 saturated heterocycles. The summed E-state index contributed by atoms with van der Waals surface area (Å²) in [5.41, 5.74) is 0.572. The Bertz CT molecular complexity index is 461. The Kier molecular flexibility index (Phi) is 7.74. The quantitative estimate of drug-likeness (QED) is 0.612. The second kappa shape index (κ2) is 9.30. The SMILES string of the molecule is CCCOc1ccccc1NC(=O)NCCCC(C)(C)CO. The Morgan fingerprint density at radius 1 is 1.32 bits per heavy atom. The predicted octanol–water partition coefficient (Wildman–Crippen LogP) is 3.40. The molecule has 0 aliphatic rings. The van der Waals surface area contributed by atoms with E-state index in [1.165, 1.54) is 0 Å². The van der Waals surface area contributed by atoms with Crippen molar-refractivity contribution in [3.05, 3.63) is 24.3 Å². The third-order valence-corrected chi connectivity index (χ3v) is 3.34. The Labute approximate surface area is 133 Å². The largest absolute Gasteiger partial charge is 0.491 e. The van der Waals surface area contributed by atoms with Gasteiger partial charge in [0, 0.05) is 13.2 Å². The molecule has 0 atom stereocenters. The molecule has 5 heteroatoms. The highest BCUT2D eigenvalue weighted by Crippen LogP contribution is 2.24. The van der Waals surface area contributed by atoms with Gasteiger partial charge in [-0.2, -0.15) is 0 Å². The van der Waals surface area contributed by atoms with Gasteiger partial charge in [0.05, 0.1) is 12.3 Å². The number of benzene rings is 1. The van der Waals surface area contributed by atoms with Gasteiger partial charge in [0.1, 0.15) is 5.75 Å². The summed E-state index contributed by atoms with van der Waals surface area (Å²) in [6, 6.07) is 7.16. The van der Waals surface area contributed by atoms with Gasteiger partial charge in [-0.1, -0.05) is 32.9 Å². The van der Waals surface area contributed by atoms with E-state index in [1.54, 1.807) is 0 Å². The summed E-state index contributed by atoms with van der Waals surface area (Å²) in [4.78, 5) is 11.9. The summed E-state index contributed by atoms with van der Waals surface area (Å²) in [6.07, 6.45) is 2.61. The van der Waals surface area contributed by atoms with Crippen LogP contribution in [-0.4, -0.2) is 30.9 Å². The molecule has 1 aromatic rings. The Morgan fingerprint density at radius 3 is 2.73 bits per heavy atom. The number of aliphatic hydroxyl groups is 1. The number of para-hydroxylation sites is 2. The van der Waals surface area contributed by atoms with E-state index in [4.69, 9.17) is 4.74 Å². The fraction of sp³-hybridized carbons (Fsp3) is 0.588. The van der Waals surface area contributed by atoms with Crippen molar-refractivity contribution in [3.8, 4) is 5.75 Å². The molecule has 0 aliphatic carbocycles. The maximum Gasteiger partial charge on any atom is 0.319 e. The van der Waals surface area contributed by atoms with Crippen LogP contribution < -0.4 is 15.4 Å². The Balaban J connectivity index is 2.39. The zero-order valence-electron chi connectivity index (χ0n) is 13.8. The molecule has 0 fully saturated rings. The summed E-state index contributed by atoms with van der Waals surface area (Å²) >= 11 is 0. The third kappa shape index (κ3) is 6.80. The van der Waals surface area contributed by atoms with Gasteiger partial charge < -0.3 is 20.5 Å². The van der Waals surface area contributed by atoms with Crippen molar-refractivity contribution < 1.29 is 14.6 Å². The molecule has 0 bridgehead atoms. The summed E-state index contributed by atoms with van der Waals surface area (Å²) in [5.74, 6) is 0.681. The van der Waals surface area contributed by atoms with Crippen LogP contribution in [0, 0.1) is 5.41 Å². The van der Waals surface area contributed by atoms with E-state index in [0.717, 1.165) is 19.3 Å². The first-order valence-electron chi connectivity index (χ1n) is 7.86. The highest BCUT2D eigenvalue weighted by atomic mass is 16.5. The molecule has 0 aliphatic heterocycles. The van der Waals surface area contributed by atoms with Crippen molar-refractivity contribution in [3.63, 3.8) is 0 Å². The number of carbonyl (C=O) groups excluding carboxylic acids is 1. The molecule has 22 heavy (non-hydrogen) atoms. The zero-order valence-corrected chi connectivity index (χ0v) is 13.8. The normalized spacial score (nSPS) is 11.1. The molecule has 0 unspecified atom stereocenters. The minimum atomic E-state index is -0.241. The number of amides is 2. The van der Waals surface area contributed by atoms with Crippen LogP contribution in [0.2, 0.25) is 0 Å². The van der Waals surface area contributed by atoms with Gasteiger partial charge in [0.2, 0.25) is 0 Å². The van der Waals surface area contributed by atoms with Crippen LogP contribution in [0.5, 0.6) is 5.75 Å². The first-order valence-corrected chi connectivity index (χ1v) is 7.86. The smallest absolute Gasteiger partial charge is 0.319 e. The fourth-order valence-electron chi connectivity index (χ4n) is 1.92. The predicted molar refractivity (Wildman–Crippen MR) is 89.4 cm³/mol. The van der Waals surface area contributed by atoms with Gasteiger partial charge in [-0.3, -0.25) is 0 Å². The lowest BCUT2D eigenvalue weighted by molar-refractivity contribution is 0.148. The summed E-state index contributed by atoms with van der Waals surface area (Å²) in [6.45, 7) is 7.41. The van der Waals surface area contributed by atoms with Crippen molar-refractivity contribution in [2.45, 2.75) is 40.0 Å². The molecule has 5 nitrogen and oxygen atoms in total. The molecular formula is C17H28N2O3. The molecule has 1 aromatic carbocycles. The summed E-state index contributed by atoms with van der Waals surface area (Å²) in [5, 5.41) is 14.8. The molecular weight excluding hydrogens is 280 g/mol. The lowest BCUT2D eigenvalue weighted by Gasteiger charge is -2.21. The molecule has 0 saturated carbocycles. The van der Waals surface area contributed by atoms with E-state index in [2.05, 4.69) is 10.6 Å². The van der Waals surface area contributed by atoms with Crippen molar-refractivity contribution in [2.24, 2.45) is 5.41 Å². The molecule has 0 aromatic heterocycles. The van der Waals surface area contributed by atoms with E-state index in [9.17, 15) is 9.90 Å². The second-order valence-electron chi connectivity index (χ2n) is 6.15. The molecule has 1 rings (SSSR count). The maximum absolute atomic E-state index is 11.9. The first kappa shape index (κ1) is 18.3. The van der Waals surface area contributed by atoms with Gasteiger partial charge in [-0.25, -0.2) is 4.79 Å². The number of nitrogens with one attached hydrogen (secondary N) is 2. The minimum Gasteiger partial charge on any atom is -0.491 e. The average Bonchev–Trinajstić information content (AvgIpc) is 2.51. The molecule has 3 N–H and O–H groups in total. The van der Waals surface area contributed by atoms with Crippen molar-refractivity contribution in [1.29, 1.82) is 0 Å². The van der Waals surface area contributed by atoms with Crippen LogP contribution in [0.4, 0.5) is 10.5 Å². The number of anilines is 1. The molecule has 0 radical (unpaired) electrons. The highest BCUT2D eigenvalue weighted by Gasteiger charge is 2.15. The average molecular weight is 308 g/mol. The van der Waals surface area contributed by atoms with Gasteiger partial charge in [-0.15, -0.1) is 0 Å². The van der Waals surface area contributed by atoms with Crippen LogP contribution in [0.1, 0.15) is 40.0 Å². The molecule has 2 amide bonds. The highest BCUT2D eigenvalue weighted by molar-refractivity contribution is 5.90. The first-order chi connectivity index (χ1) is 10.5. The second-order valence-corrected chi connectivity index (χ2v) is 6.15. The number of carbonyl (C=O) groups is 1. The topological polar surface area (TPSA) is 70.6 Å².